The molecule has 1 atom stereocenters. The maximum absolute atomic E-state index is 13.8. The van der Waals surface area contributed by atoms with Gasteiger partial charge in [-0.1, -0.05) is 11.2 Å². The van der Waals surface area contributed by atoms with E-state index in [9.17, 15) is 4.39 Å². The Hall–Kier alpha value is -1.95. The lowest BCUT2D eigenvalue weighted by Gasteiger charge is -2.09. The van der Waals surface area contributed by atoms with Gasteiger partial charge in [-0.15, -0.1) is 0 Å². The maximum atomic E-state index is 13.8. The molecule has 0 saturated heterocycles. The van der Waals surface area contributed by atoms with Crippen molar-refractivity contribution >= 4 is 0 Å². The first-order valence-corrected chi connectivity index (χ1v) is 6.64. The molecule has 0 unspecified atom stereocenters. The number of aromatic nitrogens is 2. The fourth-order valence-electron chi connectivity index (χ4n) is 1.89. The van der Waals surface area contributed by atoms with Crippen LogP contribution in [0.2, 0.25) is 0 Å². The molecule has 0 radical (unpaired) electrons. The van der Waals surface area contributed by atoms with E-state index in [1.165, 1.54) is 6.07 Å². The smallest absolute Gasteiger partial charge is 0.264 e. The largest absolute Gasteiger partial charge is 0.481 e. The zero-order valence-corrected chi connectivity index (χ0v) is 11.2. The Morgan fingerprint density at radius 2 is 2.30 bits per heavy atom. The molecule has 20 heavy (non-hydrogen) atoms. The van der Waals surface area contributed by atoms with E-state index < -0.39 is 5.82 Å². The van der Waals surface area contributed by atoms with Crippen molar-refractivity contribution in [1.29, 1.82) is 0 Å². The molecule has 1 aliphatic carbocycles. The maximum Gasteiger partial charge on any atom is 0.264 e. The van der Waals surface area contributed by atoms with Gasteiger partial charge in [-0.25, -0.2) is 4.39 Å². The lowest BCUT2D eigenvalue weighted by Crippen LogP contribution is -2.06. The molecule has 1 aromatic heterocycles. The fourth-order valence-corrected chi connectivity index (χ4v) is 1.89. The number of halogens is 1. The minimum absolute atomic E-state index is 0.0637. The van der Waals surface area contributed by atoms with Crippen molar-refractivity contribution in [3.8, 4) is 5.75 Å². The topological polar surface area (TPSA) is 74.2 Å². The third kappa shape index (κ3) is 2.80. The summed E-state index contributed by atoms with van der Waals surface area (Å²) in [4.78, 5) is 4.22. The van der Waals surface area contributed by atoms with E-state index in [2.05, 4.69) is 10.1 Å². The van der Waals surface area contributed by atoms with E-state index in [0.717, 1.165) is 24.2 Å². The molecule has 1 saturated carbocycles. The molecule has 1 fully saturated rings. The van der Waals surface area contributed by atoms with Crippen LogP contribution in [-0.4, -0.2) is 10.1 Å². The van der Waals surface area contributed by atoms with Gasteiger partial charge in [0.25, 0.3) is 5.89 Å². The van der Waals surface area contributed by atoms with Crippen LogP contribution in [0.5, 0.6) is 5.75 Å². The minimum atomic E-state index is -0.443. The standard InChI is InChI=1S/C14H16FN3O2/c1-8(16)10-4-5-12(11(15)6-10)19-7-13-17-14(18-20-13)9-2-3-9/h4-6,8-9H,2-3,7,16H2,1H3/t8-/m0/s1. The first-order chi connectivity index (χ1) is 9.63. The molecule has 5 nitrogen and oxygen atoms in total. The molecule has 2 N–H and O–H groups in total. The summed E-state index contributed by atoms with van der Waals surface area (Å²) in [6.45, 7) is 1.86. The van der Waals surface area contributed by atoms with Crippen LogP contribution in [0.25, 0.3) is 0 Å². The van der Waals surface area contributed by atoms with E-state index in [1.54, 1.807) is 19.1 Å². The van der Waals surface area contributed by atoms with Gasteiger partial charge < -0.3 is 15.0 Å². The van der Waals surface area contributed by atoms with Crippen molar-refractivity contribution < 1.29 is 13.7 Å². The van der Waals surface area contributed by atoms with Crippen molar-refractivity contribution in [2.24, 2.45) is 5.73 Å². The molecule has 1 aliphatic rings. The Bertz CT molecular complexity index is 608. The zero-order chi connectivity index (χ0) is 14.1. The average molecular weight is 277 g/mol. The predicted octanol–water partition coefficient (Wildman–Crippen LogP) is 2.68. The van der Waals surface area contributed by atoms with Gasteiger partial charge >= 0.3 is 0 Å². The molecule has 6 heteroatoms. The first-order valence-electron chi connectivity index (χ1n) is 6.64. The SMILES string of the molecule is C[C@H](N)c1ccc(OCc2nc(C3CC3)no2)c(F)c1. The van der Waals surface area contributed by atoms with Crippen molar-refractivity contribution in [3.63, 3.8) is 0 Å². The molecule has 2 aromatic rings. The van der Waals surface area contributed by atoms with Crippen LogP contribution < -0.4 is 10.5 Å². The Balaban J connectivity index is 1.65. The van der Waals surface area contributed by atoms with E-state index in [0.29, 0.717) is 11.8 Å². The Morgan fingerprint density at radius 3 is 2.95 bits per heavy atom. The highest BCUT2D eigenvalue weighted by Crippen LogP contribution is 2.38. The summed E-state index contributed by atoms with van der Waals surface area (Å²) in [5, 5.41) is 3.87. The van der Waals surface area contributed by atoms with Crippen LogP contribution in [0.1, 0.15) is 49.0 Å². The highest BCUT2D eigenvalue weighted by atomic mass is 19.1. The van der Waals surface area contributed by atoms with Gasteiger partial charge in [0.2, 0.25) is 0 Å². The van der Waals surface area contributed by atoms with Crippen LogP contribution in [0.3, 0.4) is 0 Å². The average Bonchev–Trinajstić information content (AvgIpc) is 3.17. The molecule has 0 bridgehead atoms. The second kappa shape index (κ2) is 5.20. The van der Waals surface area contributed by atoms with Gasteiger partial charge in [0.15, 0.2) is 24.0 Å². The van der Waals surface area contributed by atoms with Crippen LogP contribution in [0.4, 0.5) is 4.39 Å². The lowest BCUT2D eigenvalue weighted by molar-refractivity contribution is 0.234. The van der Waals surface area contributed by atoms with Gasteiger partial charge in [-0.05, 0) is 37.5 Å². The van der Waals surface area contributed by atoms with Gasteiger partial charge in [0.1, 0.15) is 0 Å². The Labute approximate surface area is 115 Å². The molecule has 0 amide bonds. The van der Waals surface area contributed by atoms with Crippen LogP contribution in [-0.2, 0) is 6.61 Å². The van der Waals surface area contributed by atoms with Crippen molar-refractivity contribution in [2.75, 3.05) is 0 Å². The van der Waals surface area contributed by atoms with Crippen molar-refractivity contribution in [3.05, 3.63) is 41.3 Å². The summed E-state index contributed by atoms with van der Waals surface area (Å²) in [6, 6.07) is 4.47. The molecular weight excluding hydrogens is 261 g/mol. The highest BCUT2D eigenvalue weighted by molar-refractivity contribution is 5.30. The van der Waals surface area contributed by atoms with Crippen molar-refractivity contribution in [1.82, 2.24) is 10.1 Å². The molecule has 0 aliphatic heterocycles. The third-order valence-corrected chi connectivity index (χ3v) is 3.26. The summed E-state index contributed by atoms with van der Waals surface area (Å²) in [7, 11) is 0. The molecule has 1 aromatic carbocycles. The quantitative estimate of drug-likeness (QED) is 0.909. The summed E-state index contributed by atoms with van der Waals surface area (Å²) in [5.41, 5.74) is 6.42. The Morgan fingerprint density at radius 1 is 1.50 bits per heavy atom. The van der Waals surface area contributed by atoms with E-state index in [-0.39, 0.29) is 18.4 Å². The van der Waals surface area contributed by atoms with E-state index >= 15 is 0 Å². The minimum Gasteiger partial charge on any atom is -0.481 e. The number of hydrogen-bond acceptors (Lipinski definition) is 5. The second-order valence-electron chi connectivity index (χ2n) is 5.09. The zero-order valence-electron chi connectivity index (χ0n) is 11.2. The number of nitrogens with zero attached hydrogens (tertiary/aromatic N) is 2. The molecular formula is C14H16FN3O2. The van der Waals surface area contributed by atoms with Crippen LogP contribution >= 0.6 is 0 Å². The fraction of sp³-hybridized carbons (Fsp3) is 0.429. The van der Waals surface area contributed by atoms with Gasteiger partial charge in [0, 0.05) is 12.0 Å². The lowest BCUT2D eigenvalue weighted by atomic mass is 10.1. The highest BCUT2D eigenvalue weighted by Gasteiger charge is 2.28. The predicted molar refractivity (Wildman–Crippen MR) is 69.6 cm³/mol. The first kappa shape index (κ1) is 13.1. The summed E-state index contributed by atoms with van der Waals surface area (Å²) >= 11 is 0. The number of nitrogens with two attached hydrogens (primary N) is 1. The third-order valence-electron chi connectivity index (χ3n) is 3.26. The number of ether oxygens (including phenoxy) is 1. The van der Waals surface area contributed by atoms with Gasteiger partial charge in [-0.3, -0.25) is 0 Å². The molecule has 3 rings (SSSR count). The van der Waals surface area contributed by atoms with E-state index in [1.807, 2.05) is 0 Å². The van der Waals surface area contributed by atoms with Crippen molar-refractivity contribution in [2.45, 2.75) is 38.3 Å². The van der Waals surface area contributed by atoms with Crippen LogP contribution in [0.15, 0.2) is 22.7 Å². The number of benzene rings is 1. The molecule has 106 valence electrons. The monoisotopic (exact) mass is 277 g/mol. The summed E-state index contributed by atoms with van der Waals surface area (Å²) in [6.07, 6.45) is 2.21. The van der Waals surface area contributed by atoms with Gasteiger partial charge in [0.05, 0.1) is 0 Å². The Kier molecular flexibility index (Phi) is 3.40. The van der Waals surface area contributed by atoms with E-state index in [4.69, 9.17) is 15.0 Å². The normalized spacial score (nSPS) is 16.1. The number of hydrogen-bond donors (Lipinski definition) is 1. The summed E-state index contributed by atoms with van der Waals surface area (Å²) < 4.78 is 24.2. The summed E-state index contributed by atoms with van der Waals surface area (Å²) in [5.74, 6) is 1.22. The second-order valence-corrected chi connectivity index (χ2v) is 5.09. The molecule has 0 spiro atoms. The van der Waals surface area contributed by atoms with Gasteiger partial charge in [-0.2, -0.15) is 4.98 Å². The number of rotatable bonds is 5. The molecule has 1 heterocycles. The van der Waals surface area contributed by atoms with Crippen LogP contribution in [0, 0.1) is 5.82 Å².